The Kier molecular flexibility index (Phi) is 3.94. The lowest BCUT2D eigenvalue weighted by molar-refractivity contribution is 0.344. The standard InChI is InChI=1S/C18H18ClFN2/c1-11-5-4-6-16-17(11)14(10-21-16)18(22(2)3)13-8-7-12(20)9-15(13)19/h4-10,18,21H,1-3H3. The van der Waals surface area contributed by atoms with E-state index in [2.05, 4.69) is 28.9 Å². The molecule has 1 N–H and O–H groups in total. The third kappa shape index (κ3) is 2.51. The number of hydrogen-bond donors (Lipinski definition) is 1. The first-order valence-electron chi connectivity index (χ1n) is 7.17. The van der Waals surface area contributed by atoms with E-state index in [1.54, 1.807) is 6.07 Å². The Morgan fingerprint density at radius 3 is 2.59 bits per heavy atom. The number of halogens is 2. The summed E-state index contributed by atoms with van der Waals surface area (Å²) in [6, 6.07) is 10.7. The second-order valence-electron chi connectivity index (χ2n) is 5.77. The Balaban J connectivity index is 2.23. The quantitative estimate of drug-likeness (QED) is 0.726. The van der Waals surface area contributed by atoms with Crippen LogP contribution in [0, 0.1) is 12.7 Å². The number of hydrogen-bond acceptors (Lipinski definition) is 1. The van der Waals surface area contributed by atoms with Gasteiger partial charge in [-0.3, -0.25) is 4.90 Å². The third-order valence-electron chi connectivity index (χ3n) is 4.01. The molecule has 22 heavy (non-hydrogen) atoms. The van der Waals surface area contributed by atoms with Crippen molar-refractivity contribution in [2.45, 2.75) is 13.0 Å². The second-order valence-corrected chi connectivity index (χ2v) is 6.18. The molecule has 1 atom stereocenters. The molecule has 2 nitrogen and oxygen atoms in total. The lowest BCUT2D eigenvalue weighted by Crippen LogP contribution is -2.21. The largest absolute Gasteiger partial charge is 0.361 e. The van der Waals surface area contributed by atoms with Gasteiger partial charge in [-0.05, 0) is 55.9 Å². The Bertz CT molecular complexity index is 823. The number of rotatable bonds is 3. The monoisotopic (exact) mass is 316 g/mol. The van der Waals surface area contributed by atoms with Gasteiger partial charge >= 0.3 is 0 Å². The van der Waals surface area contributed by atoms with Crippen molar-refractivity contribution in [2.75, 3.05) is 14.1 Å². The summed E-state index contributed by atoms with van der Waals surface area (Å²) in [7, 11) is 4.00. The summed E-state index contributed by atoms with van der Waals surface area (Å²) in [5, 5.41) is 1.64. The molecule has 0 aliphatic heterocycles. The molecular weight excluding hydrogens is 299 g/mol. The van der Waals surface area contributed by atoms with Gasteiger partial charge in [0.1, 0.15) is 5.82 Å². The molecular formula is C18H18ClFN2. The van der Waals surface area contributed by atoms with Gasteiger partial charge in [0, 0.05) is 22.1 Å². The molecule has 3 aromatic rings. The van der Waals surface area contributed by atoms with Gasteiger partial charge in [-0.15, -0.1) is 0 Å². The zero-order valence-electron chi connectivity index (χ0n) is 12.8. The van der Waals surface area contributed by atoms with Crippen LogP contribution in [0.3, 0.4) is 0 Å². The van der Waals surface area contributed by atoms with E-state index in [4.69, 9.17) is 11.6 Å². The first-order valence-corrected chi connectivity index (χ1v) is 7.55. The van der Waals surface area contributed by atoms with E-state index < -0.39 is 0 Å². The van der Waals surface area contributed by atoms with Crippen LogP contribution < -0.4 is 0 Å². The van der Waals surface area contributed by atoms with E-state index in [0.717, 1.165) is 16.6 Å². The molecule has 1 unspecified atom stereocenters. The number of fused-ring (bicyclic) bond motifs is 1. The molecule has 0 fully saturated rings. The van der Waals surface area contributed by atoms with Gasteiger partial charge in [0.25, 0.3) is 0 Å². The number of aromatic amines is 1. The fourth-order valence-corrected chi connectivity index (χ4v) is 3.33. The second kappa shape index (κ2) is 5.75. The Morgan fingerprint density at radius 2 is 1.91 bits per heavy atom. The van der Waals surface area contributed by atoms with Crippen molar-refractivity contribution in [3.63, 3.8) is 0 Å². The van der Waals surface area contributed by atoms with E-state index in [-0.39, 0.29) is 11.9 Å². The molecule has 0 saturated heterocycles. The summed E-state index contributed by atoms with van der Waals surface area (Å²) in [4.78, 5) is 5.41. The molecule has 0 aliphatic rings. The number of nitrogens with zero attached hydrogens (tertiary/aromatic N) is 1. The summed E-state index contributed by atoms with van der Waals surface area (Å²) in [6.45, 7) is 2.10. The molecule has 4 heteroatoms. The summed E-state index contributed by atoms with van der Waals surface area (Å²) in [5.41, 5.74) is 4.35. The molecule has 0 spiro atoms. The summed E-state index contributed by atoms with van der Waals surface area (Å²) >= 11 is 6.30. The van der Waals surface area contributed by atoms with Crippen LogP contribution in [0.5, 0.6) is 0 Å². The predicted molar refractivity (Wildman–Crippen MR) is 90.0 cm³/mol. The van der Waals surface area contributed by atoms with Crippen LogP contribution in [-0.2, 0) is 0 Å². The number of H-pyrrole nitrogens is 1. The maximum absolute atomic E-state index is 13.4. The fraction of sp³-hybridized carbons (Fsp3) is 0.222. The van der Waals surface area contributed by atoms with E-state index >= 15 is 0 Å². The maximum atomic E-state index is 13.4. The maximum Gasteiger partial charge on any atom is 0.124 e. The minimum absolute atomic E-state index is 0.0389. The molecule has 0 radical (unpaired) electrons. The average Bonchev–Trinajstić information content (AvgIpc) is 2.86. The highest BCUT2D eigenvalue weighted by Crippen LogP contribution is 2.37. The molecule has 0 amide bonds. The lowest BCUT2D eigenvalue weighted by atomic mass is 9.95. The number of aromatic nitrogens is 1. The molecule has 0 aliphatic carbocycles. The zero-order valence-corrected chi connectivity index (χ0v) is 13.6. The van der Waals surface area contributed by atoms with Gasteiger partial charge in [-0.25, -0.2) is 4.39 Å². The van der Waals surface area contributed by atoms with Crippen molar-refractivity contribution >= 4 is 22.5 Å². The summed E-state index contributed by atoms with van der Waals surface area (Å²) in [5.74, 6) is -0.318. The van der Waals surface area contributed by atoms with Gasteiger partial charge in [0.15, 0.2) is 0 Å². The summed E-state index contributed by atoms with van der Waals surface area (Å²) < 4.78 is 13.4. The number of benzene rings is 2. The van der Waals surface area contributed by atoms with Gasteiger partial charge in [0.2, 0.25) is 0 Å². The first-order chi connectivity index (χ1) is 10.5. The number of aryl methyl sites for hydroxylation is 1. The van der Waals surface area contributed by atoms with Gasteiger partial charge in [-0.2, -0.15) is 0 Å². The van der Waals surface area contributed by atoms with Crippen molar-refractivity contribution < 1.29 is 4.39 Å². The smallest absolute Gasteiger partial charge is 0.124 e. The van der Waals surface area contributed by atoms with Crippen LogP contribution in [0.25, 0.3) is 10.9 Å². The lowest BCUT2D eigenvalue weighted by Gasteiger charge is -2.26. The third-order valence-corrected chi connectivity index (χ3v) is 4.34. The van der Waals surface area contributed by atoms with Crippen molar-refractivity contribution in [2.24, 2.45) is 0 Å². The highest BCUT2D eigenvalue weighted by molar-refractivity contribution is 6.31. The van der Waals surface area contributed by atoms with Gasteiger partial charge < -0.3 is 4.98 Å². The van der Waals surface area contributed by atoms with Crippen LogP contribution in [0.2, 0.25) is 5.02 Å². The molecule has 2 aromatic carbocycles. The highest BCUT2D eigenvalue weighted by atomic mass is 35.5. The van der Waals surface area contributed by atoms with Crippen LogP contribution in [0.15, 0.2) is 42.6 Å². The van der Waals surface area contributed by atoms with Gasteiger partial charge in [-0.1, -0.05) is 29.8 Å². The van der Waals surface area contributed by atoms with Crippen LogP contribution in [0.1, 0.15) is 22.7 Å². The topological polar surface area (TPSA) is 19.0 Å². The van der Waals surface area contributed by atoms with Crippen molar-refractivity contribution in [1.82, 2.24) is 9.88 Å². The van der Waals surface area contributed by atoms with Gasteiger partial charge in [0.05, 0.1) is 6.04 Å². The van der Waals surface area contributed by atoms with Crippen molar-refractivity contribution in [3.8, 4) is 0 Å². The highest BCUT2D eigenvalue weighted by Gasteiger charge is 2.23. The predicted octanol–water partition coefficient (Wildman–Crippen LogP) is 4.92. The molecule has 1 aromatic heterocycles. The molecule has 0 saturated carbocycles. The van der Waals surface area contributed by atoms with E-state index in [1.165, 1.54) is 23.1 Å². The van der Waals surface area contributed by atoms with Crippen LogP contribution in [-0.4, -0.2) is 24.0 Å². The molecule has 3 rings (SSSR count). The normalized spacial score (nSPS) is 13.0. The van der Waals surface area contributed by atoms with E-state index in [0.29, 0.717) is 5.02 Å². The van der Waals surface area contributed by atoms with E-state index in [9.17, 15) is 4.39 Å². The molecule has 114 valence electrons. The Labute approximate surface area is 134 Å². The van der Waals surface area contributed by atoms with Crippen LogP contribution in [0.4, 0.5) is 4.39 Å². The summed E-state index contributed by atoms with van der Waals surface area (Å²) in [6.07, 6.45) is 2.02. The minimum Gasteiger partial charge on any atom is -0.361 e. The Morgan fingerprint density at radius 1 is 1.14 bits per heavy atom. The Hall–Kier alpha value is -1.84. The molecule has 1 heterocycles. The van der Waals surface area contributed by atoms with E-state index in [1.807, 2.05) is 26.4 Å². The van der Waals surface area contributed by atoms with Crippen molar-refractivity contribution in [1.29, 1.82) is 0 Å². The minimum atomic E-state index is -0.318. The number of nitrogens with one attached hydrogen (secondary N) is 1. The SMILES string of the molecule is Cc1cccc2[nH]cc(C(c3ccc(F)cc3Cl)N(C)C)c12. The van der Waals surface area contributed by atoms with Crippen molar-refractivity contribution in [3.05, 3.63) is 70.1 Å². The first kappa shape index (κ1) is 15.1. The average molecular weight is 317 g/mol. The van der Waals surface area contributed by atoms with Crippen LogP contribution >= 0.6 is 11.6 Å². The fourth-order valence-electron chi connectivity index (χ4n) is 3.06. The molecule has 0 bridgehead atoms. The zero-order chi connectivity index (χ0) is 15.9.